The van der Waals surface area contributed by atoms with E-state index in [-0.39, 0.29) is 5.97 Å². The van der Waals surface area contributed by atoms with Crippen molar-refractivity contribution in [3.05, 3.63) is 65.7 Å². The van der Waals surface area contributed by atoms with Crippen molar-refractivity contribution in [1.82, 2.24) is 4.90 Å². The van der Waals surface area contributed by atoms with Gasteiger partial charge in [0.05, 0.1) is 22.8 Å². The van der Waals surface area contributed by atoms with E-state index in [9.17, 15) is 4.79 Å². The minimum Gasteiger partial charge on any atom is -0.543 e. The van der Waals surface area contributed by atoms with Gasteiger partial charge in [0.1, 0.15) is 12.0 Å². The molecule has 0 aliphatic heterocycles. The number of carboxylic acids is 2. The van der Waals surface area contributed by atoms with Gasteiger partial charge in [-0.25, -0.2) is 0 Å². The van der Waals surface area contributed by atoms with E-state index in [1.54, 1.807) is 0 Å². The summed E-state index contributed by atoms with van der Waals surface area (Å²) in [6.07, 6.45) is 0. The average Bonchev–Trinajstić information content (AvgIpc) is 2.82. The molecule has 2 aromatic carbocycles. The molecule has 0 amide bonds. The molecule has 2 aromatic rings. The number of aliphatic carboxylic acids is 2. The maximum Gasteiger partial charge on any atom is 0.320 e. The standard InChI is InChI=1S/C22H26N2O2S.C2H2O4/c1-4-24(5-2)15-16-26-21(25)22(3,18-9-7-6-8-10-18)19-11-13-20(14-12-19)23-17-27;3-1(4)2(5)6/h6-14H,4-5,15-16H2,1-3H3;(H,3,4)(H,5,6)/p-2. The summed E-state index contributed by atoms with van der Waals surface area (Å²) in [4.78, 5) is 37.2. The molecule has 33 heavy (non-hydrogen) atoms. The molecule has 1 atom stereocenters. The quantitative estimate of drug-likeness (QED) is 0.231. The first-order chi connectivity index (χ1) is 15.7. The van der Waals surface area contributed by atoms with Gasteiger partial charge in [-0.2, -0.15) is 4.99 Å². The summed E-state index contributed by atoms with van der Waals surface area (Å²) >= 11 is 4.65. The number of nitrogens with zero attached hydrogens (tertiary/aromatic N) is 2. The van der Waals surface area contributed by atoms with Gasteiger partial charge in [-0.15, -0.1) is 0 Å². The van der Waals surface area contributed by atoms with Crippen molar-refractivity contribution in [3.8, 4) is 0 Å². The lowest BCUT2D eigenvalue weighted by molar-refractivity contribution is -0.345. The lowest BCUT2D eigenvalue weighted by atomic mass is 9.76. The lowest BCUT2D eigenvalue weighted by Gasteiger charge is -2.29. The van der Waals surface area contributed by atoms with E-state index < -0.39 is 17.4 Å². The molecule has 1 unspecified atom stereocenters. The lowest BCUT2D eigenvalue weighted by Crippen LogP contribution is -2.42. The van der Waals surface area contributed by atoms with Gasteiger partial charge in [-0.1, -0.05) is 56.3 Å². The molecule has 0 saturated carbocycles. The number of carbonyl (C=O) groups is 3. The number of carbonyl (C=O) groups excluding carboxylic acids is 3. The molecule has 2 rings (SSSR count). The van der Waals surface area contributed by atoms with Crippen LogP contribution >= 0.6 is 12.2 Å². The molecule has 0 saturated heterocycles. The number of rotatable bonds is 9. The van der Waals surface area contributed by atoms with E-state index in [1.807, 2.05) is 61.5 Å². The van der Waals surface area contributed by atoms with Gasteiger partial charge in [-0.05, 0) is 55.5 Å². The van der Waals surface area contributed by atoms with Crippen molar-refractivity contribution in [2.75, 3.05) is 26.2 Å². The molecule has 8 nitrogen and oxygen atoms in total. The van der Waals surface area contributed by atoms with Crippen LogP contribution in [0.15, 0.2) is 59.6 Å². The normalized spacial score (nSPS) is 11.9. The van der Waals surface area contributed by atoms with E-state index in [4.69, 9.17) is 24.5 Å². The van der Waals surface area contributed by atoms with Crippen LogP contribution in [0.25, 0.3) is 0 Å². The van der Waals surface area contributed by atoms with Crippen LogP contribution in [-0.2, 0) is 24.5 Å². The number of esters is 1. The van der Waals surface area contributed by atoms with Gasteiger partial charge in [0.15, 0.2) is 0 Å². The summed E-state index contributed by atoms with van der Waals surface area (Å²) in [7, 11) is 0. The summed E-state index contributed by atoms with van der Waals surface area (Å²) in [5, 5.41) is 20.2. The Hall–Kier alpha value is -3.39. The minimum atomic E-state index is -2.19. The fourth-order valence-electron chi connectivity index (χ4n) is 3.05. The van der Waals surface area contributed by atoms with Crippen molar-refractivity contribution >= 4 is 41.0 Å². The molecule has 0 aliphatic carbocycles. The maximum atomic E-state index is 13.1. The molecule has 0 fully saturated rings. The van der Waals surface area contributed by atoms with Gasteiger partial charge in [0.2, 0.25) is 0 Å². The fourth-order valence-corrected chi connectivity index (χ4v) is 3.15. The molecule has 0 heterocycles. The number of likely N-dealkylation sites (N-methyl/N-ethyl adjacent to an activating group) is 1. The van der Waals surface area contributed by atoms with Crippen LogP contribution in [-0.4, -0.2) is 54.2 Å². The second-order valence-electron chi connectivity index (χ2n) is 6.98. The summed E-state index contributed by atoms with van der Waals surface area (Å²) in [6, 6.07) is 17.2. The molecule has 0 aliphatic rings. The molecule has 9 heteroatoms. The van der Waals surface area contributed by atoms with Crippen LogP contribution in [0, 0.1) is 0 Å². The number of benzene rings is 2. The average molecular weight is 471 g/mol. The highest BCUT2D eigenvalue weighted by molar-refractivity contribution is 7.78. The van der Waals surface area contributed by atoms with Crippen molar-refractivity contribution < 1.29 is 29.3 Å². The highest BCUT2D eigenvalue weighted by atomic mass is 32.1. The Morgan fingerprint density at radius 3 is 1.94 bits per heavy atom. The molecule has 0 spiro atoms. The third-order valence-electron chi connectivity index (χ3n) is 5.08. The second-order valence-corrected chi connectivity index (χ2v) is 7.16. The summed E-state index contributed by atoms with van der Waals surface area (Å²) in [6.45, 7) is 9.08. The zero-order valence-electron chi connectivity index (χ0n) is 18.8. The van der Waals surface area contributed by atoms with Crippen LogP contribution < -0.4 is 10.2 Å². The monoisotopic (exact) mass is 470 g/mol. The summed E-state index contributed by atoms with van der Waals surface area (Å²) < 4.78 is 5.69. The molecule has 0 radical (unpaired) electrons. The van der Waals surface area contributed by atoms with Crippen LogP contribution in [0.3, 0.4) is 0 Å². The van der Waals surface area contributed by atoms with E-state index >= 15 is 0 Å². The van der Waals surface area contributed by atoms with E-state index in [1.165, 1.54) is 0 Å². The molecule has 0 bridgehead atoms. The van der Waals surface area contributed by atoms with Crippen LogP contribution in [0.1, 0.15) is 31.9 Å². The van der Waals surface area contributed by atoms with E-state index in [0.717, 1.165) is 30.8 Å². The molecule has 0 N–H and O–H groups in total. The van der Waals surface area contributed by atoms with Crippen LogP contribution in [0.5, 0.6) is 0 Å². The van der Waals surface area contributed by atoms with Crippen molar-refractivity contribution in [2.24, 2.45) is 4.99 Å². The second kappa shape index (κ2) is 13.9. The molecule has 176 valence electrons. The van der Waals surface area contributed by atoms with E-state index in [2.05, 4.69) is 41.1 Å². The maximum absolute atomic E-state index is 13.1. The fraction of sp³-hybridized carbons (Fsp3) is 0.333. The van der Waals surface area contributed by atoms with Gasteiger partial charge in [-0.3, -0.25) is 4.79 Å². The zero-order valence-corrected chi connectivity index (χ0v) is 19.6. The Bertz CT molecular complexity index is 958. The number of ether oxygens (including phenoxy) is 1. The highest BCUT2D eigenvalue weighted by Gasteiger charge is 2.38. The van der Waals surface area contributed by atoms with Crippen LogP contribution in [0.4, 0.5) is 5.69 Å². The number of hydrogen-bond acceptors (Lipinski definition) is 9. The first kappa shape index (κ1) is 27.6. The van der Waals surface area contributed by atoms with Crippen LogP contribution in [0.2, 0.25) is 0 Å². The Labute approximate surface area is 198 Å². The predicted octanol–water partition coefficient (Wildman–Crippen LogP) is 1.10. The van der Waals surface area contributed by atoms with Gasteiger partial charge in [0, 0.05) is 6.54 Å². The minimum absolute atomic E-state index is 0.257. The third kappa shape index (κ3) is 8.23. The number of aliphatic imine (C=N–C) groups is 1. The topological polar surface area (TPSA) is 122 Å². The van der Waals surface area contributed by atoms with Crippen molar-refractivity contribution in [2.45, 2.75) is 26.2 Å². The smallest absolute Gasteiger partial charge is 0.320 e. The van der Waals surface area contributed by atoms with Crippen molar-refractivity contribution in [3.63, 3.8) is 0 Å². The number of carboxylic acid groups (broad SMARTS) is 2. The van der Waals surface area contributed by atoms with E-state index in [0.29, 0.717) is 12.3 Å². The Morgan fingerprint density at radius 2 is 1.48 bits per heavy atom. The molecule has 0 aromatic heterocycles. The largest absolute Gasteiger partial charge is 0.543 e. The number of hydrogen-bond donors (Lipinski definition) is 0. The summed E-state index contributed by atoms with van der Waals surface area (Å²) in [5.74, 6) is -4.63. The summed E-state index contributed by atoms with van der Waals surface area (Å²) in [5.41, 5.74) is 1.55. The van der Waals surface area contributed by atoms with Gasteiger partial charge < -0.3 is 29.4 Å². The molecular formula is C24H26N2O6S-2. The Kier molecular flexibility index (Phi) is 11.6. The number of thiocarbonyl (C=S) groups is 1. The zero-order chi connectivity index (χ0) is 24.9. The SMILES string of the molecule is CCN(CC)CCOC(=O)C(C)(c1ccccc1)c1ccc(N=C=S)cc1.O=C([O-])C(=O)[O-]. The predicted molar refractivity (Wildman–Crippen MR) is 123 cm³/mol. The Balaban J connectivity index is 0.000000801. The Morgan fingerprint density at radius 1 is 0.970 bits per heavy atom. The number of isothiocyanates is 1. The first-order valence-corrected chi connectivity index (χ1v) is 10.7. The third-order valence-corrected chi connectivity index (χ3v) is 5.17. The first-order valence-electron chi connectivity index (χ1n) is 10.3. The highest BCUT2D eigenvalue weighted by Crippen LogP contribution is 2.34. The van der Waals surface area contributed by atoms with Crippen molar-refractivity contribution in [1.29, 1.82) is 0 Å². The van der Waals surface area contributed by atoms with Gasteiger partial charge in [0.25, 0.3) is 0 Å². The molecular weight excluding hydrogens is 444 g/mol. The van der Waals surface area contributed by atoms with Gasteiger partial charge >= 0.3 is 5.97 Å².